The van der Waals surface area contributed by atoms with Crippen molar-refractivity contribution in [1.29, 1.82) is 0 Å². The zero-order valence-corrected chi connectivity index (χ0v) is 16.0. The van der Waals surface area contributed by atoms with E-state index < -0.39 is 0 Å². The van der Waals surface area contributed by atoms with Crippen LogP contribution in [0.2, 0.25) is 0 Å². The Labute approximate surface area is 155 Å². The molecule has 0 fully saturated rings. The molecular weight excluding hydrogens is 348 g/mol. The molecule has 0 bridgehead atoms. The van der Waals surface area contributed by atoms with E-state index in [1.807, 2.05) is 39.8 Å². The van der Waals surface area contributed by atoms with Crippen molar-refractivity contribution >= 4 is 33.7 Å². The quantitative estimate of drug-likeness (QED) is 0.548. The molecule has 0 aliphatic rings. The maximum Gasteiger partial charge on any atom is 0.259 e. The number of benzene rings is 1. The number of hydrogen-bond acceptors (Lipinski definition) is 5. The number of aromatic nitrogens is 2. The van der Waals surface area contributed by atoms with Gasteiger partial charge in [0.1, 0.15) is 10.7 Å². The van der Waals surface area contributed by atoms with Gasteiger partial charge in [-0.05, 0) is 44.4 Å². The van der Waals surface area contributed by atoms with Crippen LogP contribution in [0.4, 0.5) is 0 Å². The maximum atomic E-state index is 12.2. The topological polar surface area (TPSA) is 87.2 Å². The van der Waals surface area contributed by atoms with Gasteiger partial charge in [-0.2, -0.15) is 5.10 Å². The Kier molecular flexibility index (Phi) is 4.99. The van der Waals surface area contributed by atoms with Gasteiger partial charge in [0.05, 0.1) is 18.0 Å². The molecule has 26 heavy (non-hydrogen) atoms. The van der Waals surface area contributed by atoms with Crippen LogP contribution in [0.25, 0.3) is 10.2 Å². The molecule has 2 aromatic heterocycles. The van der Waals surface area contributed by atoms with E-state index in [4.69, 9.17) is 0 Å². The van der Waals surface area contributed by atoms with Crippen LogP contribution < -0.4 is 11.0 Å². The smallest absolute Gasteiger partial charge is 0.259 e. The predicted octanol–water partition coefficient (Wildman–Crippen LogP) is 2.91. The lowest BCUT2D eigenvalue weighted by Crippen LogP contribution is -2.23. The Morgan fingerprint density at radius 3 is 2.81 bits per heavy atom. The van der Waals surface area contributed by atoms with Crippen LogP contribution >= 0.6 is 11.3 Å². The summed E-state index contributed by atoms with van der Waals surface area (Å²) in [7, 11) is 0. The highest BCUT2D eigenvalue weighted by atomic mass is 32.1. The van der Waals surface area contributed by atoms with E-state index in [2.05, 4.69) is 26.6 Å². The summed E-state index contributed by atoms with van der Waals surface area (Å²) in [4.78, 5) is 33.1. The molecule has 134 valence electrons. The van der Waals surface area contributed by atoms with Crippen molar-refractivity contribution < 1.29 is 4.79 Å². The first kappa shape index (κ1) is 18.0. The van der Waals surface area contributed by atoms with Crippen molar-refractivity contribution in [2.45, 2.75) is 34.1 Å². The molecule has 2 heterocycles. The summed E-state index contributed by atoms with van der Waals surface area (Å²) in [6.07, 6.45) is 1.57. The van der Waals surface area contributed by atoms with Crippen LogP contribution in [0.15, 0.2) is 28.1 Å². The average Bonchev–Trinajstić information content (AvgIpc) is 2.84. The standard InChI is InChI=1S/C19H20N4O2S/c1-10-5-6-14(11(2)7-10)9-20-23-16(24)8-15-21-18(25)17-12(3)13(4)26-19(17)22-15/h5-7,9H,8H2,1-4H3,(H,23,24)(H,21,22,25)/b20-9+. The van der Waals surface area contributed by atoms with Crippen LogP contribution in [0, 0.1) is 27.7 Å². The molecule has 0 aliphatic carbocycles. The second kappa shape index (κ2) is 7.21. The molecule has 0 radical (unpaired) electrons. The molecule has 7 heteroatoms. The summed E-state index contributed by atoms with van der Waals surface area (Å²) in [6, 6.07) is 6.00. The fourth-order valence-corrected chi connectivity index (χ4v) is 3.77. The second-order valence-electron chi connectivity index (χ2n) is 6.31. The van der Waals surface area contributed by atoms with Crippen LogP contribution in [-0.4, -0.2) is 22.1 Å². The highest BCUT2D eigenvalue weighted by molar-refractivity contribution is 7.18. The monoisotopic (exact) mass is 368 g/mol. The summed E-state index contributed by atoms with van der Waals surface area (Å²) in [6.45, 7) is 7.87. The molecule has 0 aliphatic heterocycles. The lowest BCUT2D eigenvalue weighted by atomic mass is 10.1. The van der Waals surface area contributed by atoms with Gasteiger partial charge in [-0.1, -0.05) is 23.8 Å². The SMILES string of the molecule is Cc1ccc(/C=N/NC(=O)Cc2nc3sc(C)c(C)c3c(=O)[nH]2)c(C)c1. The minimum Gasteiger partial charge on any atom is -0.309 e. The molecule has 0 atom stereocenters. The Bertz CT molecular complexity index is 1080. The van der Waals surface area contributed by atoms with Crippen molar-refractivity contribution in [2.24, 2.45) is 5.10 Å². The maximum absolute atomic E-state index is 12.2. The Morgan fingerprint density at radius 2 is 2.08 bits per heavy atom. The molecule has 3 aromatic rings. The Balaban J connectivity index is 1.71. The summed E-state index contributed by atoms with van der Waals surface area (Å²) in [5.41, 5.74) is 6.40. The summed E-state index contributed by atoms with van der Waals surface area (Å²) < 4.78 is 0. The average molecular weight is 368 g/mol. The third-order valence-corrected chi connectivity index (χ3v) is 5.34. The largest absolute Gasteiger partial charge is 0.309 e. The van der Waals surface area contributed by atoms with E-state index in [0.717, 1.165) is 21.6 Å². The molecule has 1 amide bonds. The number of hydrogen-bond donors (Lipinski definition) is 2. The van der Waals surface area contributed by atoms with Crippen molar-refractivity contribution in [3.8, 4) is 0 Å². The van der Waals surface area contributed by atoms with Gasteiger partial charge in [0, 0.05) is 4.88 Å². The fraction of sp³-hybridized carbons (Fsp3) is 0.263. The number of carbonyl (C=O) groups excluding carboxylic acids is 1. The number of aryl methyl sites for hydroxylation is 4. The van der Waals surface area contributed by atoms with Gasteiger partial charge in [-0.3, -0.25) is 9.59 Å². The minimum absolute atomic E-state index is 0.0363. The van der Waals surface area contributed by atoms with Crippen molar-refractivity contribution in [2.75, 3.05) is 0 Å². The molecule has 0 saturated carbocycles. The number of rotatable bonds is 4. The third-order valence-electron chi connectivity index (χ3n) is 4.23. The van der Waals surface area contributed by atoms with E-state index in [-0.39, 0.29) is 17.9 Å². The lowest BCUT2D eigenvalue weighted by molar-refractivity contribution is -0.120. The van der Waals surface area contributed by atoms with E-state index in [1.165, 1.54) is 16.9 Å². The fourth-order valence-electron chi connectivity index (χ4n) is 2.72. The van der Waals surface area contributed by atoms with Gasteiger partial charge >= 0.3 is 0 Å². The highest BCUT2D eigenvalue weighted by Gasteiger charge is 2.13. The molecule has 6 nitrogen and oxygen atoms in total. The minimum atomic E-state index is -0.335. The van der Waals surface area contributed by atoms with Gasteiger partial charge in [-0.15, -0.1) is 11.3 Å². The Morgan fingerprint density at radius 1 is 1.31 bits per heavy atom. The van der Waals surface area contributed by atoms with Gasteiger partial charge < -0.3 is 4.98 Å². The first-order valence-electron chi connectivity index (χ1n) is 8.23. The zero-order chi connectivity index (χ0) is 18.8. The van der Waals surface area contributed by atoms with Crippen LogP contribution in [0.5, 0.6) is 0 Å². The first-order chi connectivity index (χ1) is 12.3. The van der Waals surface area contributed by atoms with Crippen LogP contribution in [0.3, 0.4) is 0 Å². The molecule has 2 N–H and O–H groups in total. The van der Waals surface area contributed by atoms with Crippen LogP contribution in [-0.2, 0) is 11.2 Å². The van der Waals surface area contributed by atoms with Gasteiger partial charge in [0.2, 0.25) is 5.91 Å². The van der Waals surface area contributed by atoms with Crippen molar-refractivity contribution in [3.05, 3.63) is 61.5 Å². The van der Waals surface area contributed by atoms with Crippen molar-refractivity contribution in [1.82, 2.24) is 15.4 Å². The predicted molar refractivity (Wildman–Crippen MR) is 105 cm³/mol. The Hall–Kier alpha value is -2.80. The number of fused-ring (bicyclic) bond motifs is 1. The summed E-state index contributed by atoms with van der Waals surface area (Å²) >= 11 is 1.46. The molecule has 0 unspecified atom stereocenters. The zero-order valence-electron chi connectivity index (χ0n) is 15.1. The van der Waals surface area contributed by atoms with E-state index in [9.17, 15) is 9.59 Å². The van der Waals surface area contributed by atoms with Gasteiger partial charge in [0.15, 0.2) is 0 Å². The number of thiophene rings is 1. The number of nitrogens with zero attached hydrogens (tertiary/aromatic N) is 2. The third kappa shape index (κ3) is 3.72. The normalized spacial score (nSPS) is 11.4. The number of H-pyrrole nitrogens is 1. The number of amides is 1. The van der Waals surface area contributed by atoms with E-state index in [0.29, 0.717) is 16.0 Å². The molecule has 0 spiro atoms. The van der Waals surface area contributed by atoms with E-state index >= 15 is 0 Å². The van der Waals surface area contributed by atoms with Crippen LogP contribution in [0.1, 0.15) is 33.0 Å². The lowest BCUT2D eigenvalue weighted by Gasteiger charge is -2.02. The van der Waals surface area contributed by atoms with E-state index in [1.54, 1.807) is 6.21 Å². The number of carbonyl (C=O) groups is 1. The molecule has 1 aromatic carbocycles. The summed E-state index contributed by atoms with van der Waals surface area (Å²) in [5, 5.41) is 4.59. The molecule has 0 saturated heterocycles. The number of nitrogens with one attached hydrogen (secondary N) is 2. The number of hydrazone groups is 1. The van der Waals surface area contributed by atoms with Gasteiger partial charge in [-0.25, -0.2) is 10.4 Å². The second-order valence-corrected chi connectivity index (χ2v) is 7.51. The number of aromatic amines is 1. The van der Waals surface area contributed by atoms with Gasteiger partial charge in [0.25, 0.3) is 5.56 Å². The first-order valence-corrected chi connectivity index (χ1v) is 9.05. The molecule has 3 rings (SSSR count). The van der Waals surface area contributed by atoms with Crippen molar-refractivity contribution in [3.63, 3.8) is 0 Å². The highest BCUT2D eigenvalue weighted by Crippen LogP contribution is 2.25. The summed E-state index contributed by atoms with van der Waals surface area (Å²) in [5.74, 6) is 0.00137. The molecular formula is C19H20N4O2S.